The number of carboxylic acid groups (broad SMARTS) is 1. The number of benzene rings is 1. The molecule has 0 bridgehead atoms. The summed E-state index contributed by atoms with van der Waals surface area (Å²) in [6.45, 7) is 0. The molecule has 1 heterocycles. The van der Waals surface area contributed by atoms with E-state index < -0.39 is 17.6 Å². The molecule has 4 nitrogen and oxygen atoms in total. The van der Waals surface area contributed by atoms with E-state index in [1.165, 1.54) is 12.1 Å². The second kappa shape index (κ2) is 3.73. The summed E-state index contributed by atoms with van der Waals surface area (Å²) in [5, 5.41) is 14.6. The van der Waals surface area contributed by atoms with Crippen molar-refractivity contribution in [1.82, 2.24) is 10.2 Å². The highest BCUT2D eigenvalue weighted by atomic mass is 19.2. The van der Waals surface area contributed by atoms with Crippen LogP contribution in [0.5, 0.6) is 0 Å². The predicted octanol–water partition coefficient (Wildman–Crippen LogP) is 2.05. The fraction of sp³-hybridized carbons (Fsp3) is 0. The molecular weight excluding hydrogens is 218 g/mol. The third kappa shape index (κ3) is 1.77. The Labute approximate surface area is 88.5 Å². The Morgan fingerprint density at radius 2 is 2.00 bits per heavy atom. The number of aromatic carboxylic acids is 1. The van der Waals surface area contributed by atoms with Crippen molar-refractivity contribution in [2.45, 2.75) is 0 Å². The fourth-order valence-electron chi connectivity index (χ4n) is 1.23. The van der Waals surface area contributed by atoms with Crippen LogP contribution in [-0.4, -0.2) is 21.3 Å². The highest BCUT2D eigenvalue weighted by Gasteiger charge is 2.10. The second-order valence-corrected chi connectivity index (χ2v) is 3.10. The highest BCUT2D eigenvalue weighted by molar-refractivity contribution is 5.86. The molecule has 0 aliphatic carbocycles. The normalized spacial score (nSPS) is 10.4. The van der Waals surface area contributed by atoms with Crippen LogP contribution in [0.1, 0.15) is 10.5 Å². The van der Waals surface area contributed by atoms with E-state index in [4.69, 9.17) is 5.11 Å². The lowest BCUT2D eigenvalue weighted by Crippen LogP contribution is -1.95. The third-order valence-corrected chi connectivity index (χ3v) is 2.02. The van der Waals surface area contributed by atoms with Crippen LogP contribution in [0.4, 0.5) is 8.78 Å². The Bertz CT molecular complexity index is 552. The predicted molar refractivity (Wildman–Crippen MR) is 50.9 cm³/mol. The number of H-pyrrole nitrogens is 1. The van der Waals surface area contributed by atoms with Gasteiger partial charge in [-0.25, -0.2) is 13.6 Å². The van der Waals surface area contributed by atoms with Gasteiger partial charge in [-0.15, -0.1) is 0 Å². The van der Waals surface area contributed by atoms with Gasteiger partial charge < -0.3 is 5.11 Å². The fourth-order valence-corrected chi connectivity index (χ4v) is 1.23. The van der Waals surface area contributed by atoms with Crippen LogP contribution in [0.2, 0.25) is 0 Å². The SMILES string of the molecule is O=C(O)c1cc(-c2ccc(F)c(F)c2)n[nH]1. The molecule has 0 fully saturated rings. The number of hydrogen-bond donors (Lipinski definition) is 2. The summed E-state index contributed by atoms with van der Waals surface area (Å²) < 4.78 is 25.6. The summed E-state index contributed by atoms with van der Waals surface area (Å²) in [6, 6.07) is 4.48. The highest BCUT2D eigenvalue weighted by Crippen LogP contribution is 2.20. The maximum atomic E-state index is 12.9. The molecule has 1 aromatic heterocycles. The molecule has 0 atom stereocenters. The average molecular weight is 224 g/mol. The summed E-state index contributed by atoms with van der Waals surface area (Å²) in [7, 11) is 0. The molecule has 0 saturated carbocycles. The molecule has 2 rings (SSSR count). The van der Waals surface area contributed by atoms with E-state index in [0.717, 1.165) is 12.1 Å². The molecule has 1 aromatic carbocycles. The number of carboxylic acids is 1. The number of aromatic nitrogens is 2. The Morgan fingerprint density at radius 3 is 2.56 bits per heavy atom. The van der Waals surface area contributed by atoms with Crippen molar-refractivity contribution in [2.75, 3.05) is 0 Å². The van der Waals surface area contributed by atoms with Crippen LogP contribution in [0.3, 0.4) is 0 Å². The number of hydrogen-bond acceptors (Lipinski definition) is 2. The topological polar surface area (TPSA) is 66.0 Å². The molecule has 2 aromatic rings. The molecular formula is C10H6F2N2O2. The molecule has 0 unspecified atom stereocenters. The smallest absolute Gasteiger partial charge is 0.353 e. The zero-order valence-corrected chi connectivity index (χ0v) is 7.87. The zero-order chi connectivity index (χ0) is 11.7. The van der Waals surface area contributed by atoms with E-state index in [9.17, 15) is 13.6 Å². The van der Waals surface area contributed by atoms with Crippen LogP contribution in [0, 0.1) is 11.6 Å². The monoisotopic (exact) mass is 224 g/mol. The molecule has 0 aliphatic rings. The third-order valence-electron chi connectivity index (χ3n) is 2.02. The van der Waals surface area contributed by atoms with Gasteiger partial charge in [0.1, 0.15) is 5.69 Å². The van der Waals surface area contributed by atoms with E-state index in [1.54, 1.807) is 0 Å². The van der Waals surface area contributed by atoms with E-state index >= 15 is 0 Å². The first-order valence-electron chi connectivity index (χ1n) is 4.32. The number of halogens is 2. The maximum Gasteiger partial charge on any atom is 0.353 e. The van der Waals surface area contributed by atoms with Crippen LogP contribution < -0.4 is 0 Å². The Hall–Kier alpha value is -2.24. The van der Waals surface area contributed by atoms with E-state index in [2.05, 4.69) is 10.2 Å². The van der Waals surface area contributed by atoms with Crippen LogP contribution >= 0.6 is 0 Å². The summed E-state index contributed by atoms with van der Waals surface area (Å²) >= 11 is 0. The number of nitrogens with zero attached hydrogens (tertiary/aromatic N) is 1. The number of aromatic amines is 1. The van der Waals surface area contributed by atoms with Crippen molar-refractivity contribution in [3.8, 4) is 11.3 Å². The Kier molecular flexibility index (Phi) is 2.40. The lowest BCUT2D eigenvalue weighted by atomic mass is 10.1. The van der Waals surface area contributed by atoms with Gasteiger partial charge >= 0.3 is 5.97 Å². The van der Waals surface area contributed by atoms with Gasteiger partial charge in [-0.1, -0.05) is 0 Å². The average Bonchev–Trinajstić information content (AvgIpc) is 2.71. The minimum Gasteiger partial charge on any atom is -0.477 e. The number of carbonyl (C=O) groups is 1. The minimum atomic E-state index is -1.17. The van der Waals surface area contributed by atoms with Crippen LogP contribution in [0.15, 0.2) is 24.3 Å². The first kappa shape index (κ1) is 10.3. The summed E-state index contributed by atoms with van der Waals surface area (Å²) in [5.74, 6) is -3.13. The van der Waals surface area contributed by atoms with Crippen molar-refractivity contribution >= 4 is 5.97 Å². The van der Waals surface area contributed by atoms with Crippen molar-refractivity contribution in [3.63, 3.8) is 0 Å². The standard InChI is InChI=1S/C10H6F2N2O2/c11-6-2-1-5(3-7(6)12)8-4-9(10(15)16)14-13-8/h1-4H,(H,13,14)(H,15,16). The van der Waals surface area contributed by atoms with Crippen molar-refractivity contribution in [2.24, 2.45) is 0 Å². The van der Waals surface area contributed by atoms with Gasteiger partial charge in [0.15, 0.2) is 11.6 Å². The lowest BCUT2D eigenvalue weighted by molar-refractivity contribution is 0.0690. The largest absolute Gasteiger partial charge is 0.477 e. The molecule has 0 spiro atoms. The molecule has 0 radical (unpaired) electrons. The Morgan fingerprint density at radius 1 is 1.25 bits per heavy atom. The summed E-state index contributed by atoms with van der Waals surface area (Å²) in [4.78, 5) is 10.6. The lowest BCUT2D eigenvalue weighted by Gasteiger charge is -1.96. The van der Waals surface area contributed by atoms with Gasteiger partial charge in [-0.05, 0) is 24.3 Å². The van der Waals surface area contributed by atoms with Gasteiger partial charge in [-0.2, -0.15) is 5.10 Å². The van der Waals surface area contributed by atoms with Crippen molar-refractivity contribution in [3.05, 3.63) is 41.6 Å². The van der Waals surface area contributed by atoms with Crippen molar-refractivity contribution in [1.29, 1.82) is 0 Å². The number of nitrogens with one attached hydrogen (secondary N) is 1. The van der Waals surface area contributed by atoms with Crippen molar-refractivity contribution < 1.29 is 18.7 Å². The first-order valence-corrected chi connectivity index (χ1v) is 4.32. The molecule has 0 amide bonds. The van der Waals surface area contributed by atoms with E-state index in [0.29, 0.717) is 5.56 Å². The van der Waals surface area contributed by atoms with E-state index in [-0.39, 0.29) is 11.4 Å². The van der Waals surface area contributed by atoms with Gasteiger partial charge in [0, 0.05) is 5.56 Å². The van der Waals surface area contributed by atoms with E-state index in [1.807, 2.05) is 0 Å². The zero-order valence-electron chi connectivity index (χ0n) is 7.87. The number of rotatable bonds is 2. The molecule has 2 N–H and O–H groups in total. The van der Waals surface area contributed by atoms with Gasteiger partial charge in [0.25, 0.3) is 0 Å². The summed E-state index contributed by atoms with van der Waals surface area (Å²) in [6.07, 6.45) is 0. The second-order valence-electron chi connectivity index (χ2n) is 3.10. The molecule has 16 heavy (non-hydrogen) atoms. The van der Waals surface area contributed by atoms with Gasteiger partial charge in [0.05, 0.1) is 5.69 Å². The quantitative estimate of drug-likeness (QED) is 0.820. The van der Waals surface area contributed by atoms with Crippen LogP contribution in [-0.2, 0) is 0 Å². The summed E-state index contributed by atoms with van der Waals surface area (Å²) in [5.41, 5.74) is 0.443. The molecule has 0 aliphatic heterocycles. The molecule has 6 heteroatoms. The van der Waals surface area contributed by atoms with Gasteiger partial charge in [0.2, 0.25) is 0 Å². The maximum absolute atomic E-state index is 12.9. The Balaban J connectivity index is 2.42. The first-order chi connectivity index (χ1) is 7.58. The minimum absolute atomic E-state index is 0.111. The van der Waals surface area contributed by atoms with Crippen LogP contribution in [0.25, 0.3) is 11.3 Å². The van der Waals surface area contributed by atoms with Gasteiger partial charge in [-0.3, -0.25) is 5.10 Å². The molecule has 82 valence electrons. The molecule has 0 saturated heterocycles.